The Morgan fingerprint density at radius 2 is 1.53 bits per heavy atom. The Labute approximate surface area is 210 Å². The topological polar surface area (TPSA) is 91.0 Å². The van der Waals surface area contributed by atoms with E-state index in [4.69, 9.17) is 5.73 Å². The van der Waals surface area contributed by atoms with Gasteiger partial charge in [0.2, 0.25) is 11.8 Å². The zero-order valence-electron chi connectivity index (χ0n) is 20.0. The predicted molar refractivity (Wildman–Crippen MR) is 143 cm³/mol. The first-order valence-corrected chi connectivity index (χ1v) is 11.5. The van der Waals surface area contributed by atoms with Gasteiger partial charge in [0.15, 0.2) is 5.96 Å². The summed E-state index contributed by atoms with van der Waals surface area (Å²) in [5.41, 5.74) is 9.30. The number of aliphatic imine (C=N–C) groups is 1. The van der Waals surface area contributed by atoms with E-state index in [0.29, 0.717) is 57.4 Å². The lowest BCUT2D eigenvalue weighted by Crippen LogP contribution is -2.50. The van der Waals surface area contributed by atoms with Crippen LogP contribution >= 0.6 is 24.0 Å². The van der Waals surface area contributed by atoms with Crippen molar-refractivity contribution in [3.63, 3.8) is 0 Å². The van der Waals surface area contributed by atoms with E-state index >= 15 is 0 Å². The molecule has 1 heterocycles. The summed E-state index contributed by atoms with van der Waals surface area (Å²) < 4.78 is 0. The molecule has 1 aliphatic heterocycles. The number of guanidine groups is 1. The van der Waals surface area contributed by atoms with Crippen molar-refractivity contribution >= 4 is 47.4 Å². The highest BCUT2D eigenvalue weighted by molar-refractivity contribution is 14.0. The monoisotopic (exact) mass is 557 g/mol. The molecule has 0 spiro atoms. The molecular weight excluding hydrogens is 517 g/mol. The van der Waals surface area contributed by atoms with Crippen molar-refractivity contribution in [3.8, 4) is 0 Å². The highest BCUT2D eigenvalue weighted by Gasteiger charge is 2.23. The zero-order valence-corrected chi connectivity index (χ0v) is 22.4. The van der Waals surface area contributed by atoms with E-state index in [9.17, 15) is 9.59 Å². The number of rotatable bonds is 9. The van der Waals surface area contributed by atoms with Gasteiger partial charge in [0, 0.05) is 51.3 Å². The van der Waals surface area contributed by atoms with Gasteiger partial charge in [0.25, 0.3) is 0 Å². The molecule has 0 saturated carbocycles. The Hall–Kier alpha value is -1.84. The van der Waals surface area contributed by atoms with Crippen LogP contribution < -0.4 is 11.1 Å². The molecule has 0 aliphatic carbocycles. The molecule has 7 nitrogen and oxygen atoms in total. The molecule has 2 rings (SSSR count). The second-order valence-corrected chi connectivity index (χ2v) is 8.94. The van der Waals surface area contributed by atoms with Gasteiger partial charge < -0.3 is 20.9 Å². The smallest absolute Gasteiger partial charge is 0.222 e. The minimum atomic E-state index is 0. The highest BCUT2D eigenvalue weighted by Crippen LogP contribution is 2.14. The Morgan fingerprint density at radius 1 is 0.969 bits per heavy atom. The number of benzene rings is 1. The number of hydrogen-bond acceptors (Lipinski definition) is 3. The molecule has 32 heavy (non-hydrogen) atoms. The Morgan fingerprint density at radius 3 is 2.09 bits per heavy atom. The van der Waals surface area contributed by atoms with Crippen LogP contribution in [0, 0.1) is 19.8 Å². The van der Waals surface area contributed by atoms with Crippen LogP contribution in [0.3, 0.4) is 0 Å². The summed E-state index contributed by atoms with van der Waals surface area (Å²) in [6.45, 7) is 11.5. The summed E-state index contributed by atoms with van der Waals surface area (Å²) in [5, 5.41) is 3.14. The normalized spacial score (nSPS) is 14.3. The van der Waals surface area contributed by atoms with Crippen LogP contribution in [0.4, 0.5) is 5.69 Å². The summed E-state index contributed by atoms with van der Waals surface area (Å²) in [6.07, 6.45) is 3.84. The maximum absolute atomic E-state index is 12.4. The van der Waals surface area contributed by atoms with E-state index in [2.05, 4.69) is 44.1 Å². The third-order valence-electron chi connectivity index (χ3n) is 5.39. The third-order valence-corrected chi connectivity index (χ3v) is 5.39. The molecule has 0 aromatic heterocycles. The van der Waals surface area contributed by atoms with Gasteiger partial charge in [-0.05, 0) is 55.9 Å². The standard InChI is InChI=1S/C24H39N5O2.HI/c1-18(2)14-23(31)29-12-10-28(11-13-29)22(30)8-6-5-7-9-26-24(25)27-21-16-19(3)15-20(4)17-21;/h15-18H,5-14H2,1-4H3,(H3,25,26,27);1H. The molecule has 0 unspecified atom stereocenters. The van der Waals surface area contributed by atoms with Crippen molar-refractivity contribution in [2.75, 3.05) is 38.0 Å². The number of unbranched alkanes of at least 4 members (excludes halogenated alkanes) is 2. The van der Waals surface area contributed by atoms with Crippen LogP contribution in [-0.2, 0) is 9.59 Å². The maximum atomic E-state index is 12.4. The largest absolute Gasteiger partial charge is 0.370 e. The molecule has 3 N–H and O–H groups in total. The lowest BCUT2D eigenvalue weighted by atomic mass is 10.1. The first-order chi connectivity index (χ1) is 14.7. The molecule has 180 valence electrons. The number of anilines is 1. The minimum Gasteiger partial charge on any atom is -0.370 e. The van der Waals surface area contributed by atoms with Crippen LogP contribution in [-0.4, -0.2) is 60.3 Å². The quantitative estimate of drug-likeness (QED) is 0.209. The fraction of sp³-hybridized carbons (Fsp3) is 0.625. The van der Waals surface area contributed by atoms with Crippen LogP contribution in [0.1, 0.15) is 57.1 Å². The fourth-order valence-electron chi connectivity index (χ4n) is 3.84. The lowest BCUT2D eigenvalue weighted by molar-refractivity contribution is -0.140. The van der Waals surface area contributed by atoms with Crippen LogP contribution in [0.5, 0.6) is 0 Å². The number of nitrogens with zero attached hydrogens (tertiary/aromatic N) is 3. The summed E-state index contributed by atoms with van der Waals surface area (Å²) in [4.78, 5) is 32.7. The molecule has 0 radical (unpaired) electrons. The number of hydrogen-bond donors (Lipinski definition) is 2. The van der Waals surface area contributed by atoms with Crippen LogP contribution in [0.2, 0.25) is 0 Å². The predicted octanol–water partition coefficient (Wildman–Crippen LogP) is 3.93. The SMILES string of the molecule is Cc1cc(C)cc(NC(N)=NCCCCCC(=O)N2CCN(C(=O)CC(C)C)CC2)c1.I. The Balaban J connectivity index is 0.00000512. The van der Waals surface area contributed by atoms with E-state index in [1.165, 1.54) is 11.1 Å². The Bertz CT molecular complexity index is 753. The summed E-state index contributed by atoms with van der Waals surface area (Å²) in [5.74, 6) is 1.18. The zero-order chi connectivity index (χ0) is 22.8. The second-order valence-electron chi connectivity index (χ2n) is 8.94. The number of nitrogens with two attached hydrogens (primary N) is 1. The molecule has 1 aliphatic rings. The van der Waals surface area contributed by atoms with Crippen molar-refractivity contribution in [1.82, 2.24) is 9.80 Å². The van der Waals surface area contributed by atoms with Crippen molar-refractivity contribution in [2.24, 2.45) is 16.6 Å². The highest BCUT2D eigenvalue weighted by atomic mass is 127. The molecular formula is C24H40IN5O2. The first kappa shape index (κ1) is 28.2. The third kappa shape index (κ3) is 10.2. The van der Waals surface area contributed by atoms with Gasteiger partial charge in [-0.25, -0.2) is 0 Å². The van der Waals surface area contributed by atoms with Gasteiger partial charge in [0.1, 0.15) is 0 Å². The first-order valence-electron chi connectivity index (χ1n) is 11.5. The summed E-state index contributed by atoms with van der Waals surface area (Å²) in [6, 6.07) is 6.20. The average Bonchev–Trinajstić information content (AvgIpc) is 2.69. The van der Waals surface area contributed by atoms with Gasteiger partial charge in [-0.2, -0.15) is 0 Å². The second kappa shape index (κ2) is 14.3. The average molecular weight is 558 g/mol. The molecule has 0 atom stereocenters. The molecule has 1 fully saturated rings. The number of carbonyl (C=O) groups excluding carboxylic acids is 2. The van der Waals surface area contributed by atoms with Crippen molar-refractivity contribution in [2.45, 2.75) is 59.8 Å². The van der Waals surface area contributed by atoms with Gasteiger partial charge in [-0.1, -0.05) is 26.3 Å². The molecule has 0 bridgehead atoms. The molecule has 2 amide bonds. The molecule has 1 aromatic carbocycles. The minimum absolute atomic E-state index is 0. The van der Waals surface area contributed by atoms with Gasteiger partial charge in [-0.3, -0.25) is 14.6 Å². The number of amides is 2. The number of halogens is 1. The number of aryl methyl sites for hydroxylation is 2. The van der Waals surface area contributed by atoms with E-state index in [0.717, 1.165) is 24.9 Å². The van der Waals surface area contributed by atoms with Crippen LogP contribution in [0.15, 0.2) is 23.2 Å². The Kier molecular flexibility index (Phi) is 12.6. The summed E-state index contributed by atoms with van der Waals surface area (Å²) in [7, 11) is 0. The number of piperazine rings is 1. The van der Waals surface area contributed by atoms with E-state index < -0.39 is 0 Å². The van der Waals surface area contributed by atoms with E-state index in [1.54, 1.807) is 0 Å². The molecule has 8 heteroatoms. The van der Waals surface area contributed by atoms with Gasteiger partial charge in [0.05, 0.1) is 0 Å². The summed E-state index contributed by atoms with van der Waals surface area (Å²) >= 11 is 0. The maximum Gasteiger partial charge on any atom is 0.222 e. The fourth-order valence-corrected chi connectivity index (χ4v) is 3.84. The van der Waals surface area contributed by atoms with E-state index in [-0.39, 0.29) is 35.8 Å². The lowest BCUT2D eigenvalue weighted by Gasteiger charge is -2.35. The number of carbonyl (C=O) groups is 2. The van der Waals surface area contributed by atoms with Crippen molar-refractivity contribution < 1.29 is 9.59 Å². The van der Waals surface area contributed by atoms with Gasteiger partial charge in [-0.15, -0.1) is 24.0 Å². The van der Waals surface area contributed by atoms with Crippen molar-refractivity contribution in [1.29, 1.82) is 0 Å². The van der Waals surface area contributed by atoms with Crippen LogP contribution in [0.25, 0.3) is 0 Å². The van der Waals surface area contributed by atoms with Crippen molar-refractivity contribution in [3.05, 3.63) is 29.3 Å². The molecule has 1 aromatic rings. The van der Waals surface area contributed by atoms with Gasteiger partial charge >= 0.3 is 0 Å². The number of nitrogens with one attached hydrogen (secondary N) is 1. The van der Waals surface area contributed by atoms with E-state index in [1.807, 2.05) is 21.9 Å². The molecule has 1 saturated heterocycles.